The molecule has 0 saturated heterocycles. The highest BCUT2D eigenvalue weighted by Crippen LogP contribution is 2.60. The van der Waals surface area contributed by atoms with Gasteiger partial charge < -0.3 is 14.9 Å². The molecule has 1 aromatic rings. The molecule has 0 bridgehead atoms. The molecule has 0 heterocycles. The van der Waals surface area contributed by atoms with Gasteiger partial charge in [0.1, 0.15) is 5.75 Å². The fourth-order valence-electron chi connectivity index (χ4n) is 5.98. The zero-order valence-corrected chi connectivity index (χ0v) is 17.6. The standard InChI is InChI=1S/C18H24O2.C6H12O2/c1-18-9-8-14-13-5-3-12(19)10-11(13)2-4-15(14)16(18)6-7-17(18)20;1-3-5-6(7)8-4-2/h3,5,10,14-17,19-20H,2,4,6-9H2,1H3;3-5H2,1-2H3/t14-,15-,16+,17+,18+;/m1./s1. The van der Waals surface area contributed by atoms with Gasteiger partial charge in [0.05, 0.1) is 12.7 Å². The average molecular weight is 389 g/mol. The number of aliphatic hydroxyl groups is 1. The van der Waals surface area contributed by atoms with Gasteiger partial charge in [0.2, 0.25) is 0 Å². The number of fused-ring (bicyclic) bond motifs is 5. The molecule has 2 fully saturated rings. The maximum atomic E-state index is 10.4. The minimum atomic E-state index is -0.0883. The molecule has 0 amide bonds. The average Bonchev–Trinajstić information content (AvgIpc) is 2.97. The van der Waals surface area contributed by atoms with E-state index in [4.69, 9.17) is 0 Å². The van der Waals surface area contributed by atoms with Crippen LogP contribution in [-0.2, 0) is 16.0 Å². The lowest BCUT2D eigenvalue weighted by Gasteiger charge is -2.50. The molecule has 4 nitrogen and oxygen atoms in total. The molecule has 4 rings (SSSR count). The Labute approximate surface area is 169 Å². The van der Waals surface area contributed by atoms with Crippen molar-refractivity contribution in [3.05, 3.63) is 29.3 Å². The van der Waals surface area contributed by atoms with Gasteiger partial charge in [-0.1, -0.05) is 19.9 Å². The molecule has 4 heteroatoms. The van der Waals surface area contributed by atoms with E-state index in [1.807, 2.05) is 26.0 Å². The van der Waals surface area contributed by atoms with Crippen molar-refractivity contribution in [2.45, 2.75) is 84.2 Å². The quantitative estimate of drug-likeness (QED) is 0.718. The summed E-state index contributed by atoms with van der Waals surface area (Å²) < 4.78 is 4.64. The first kappa shape index (κ1) is 21.2. The van der Waals surface area contributed by atoms with Crippen LogP contribution in [0.5, 0.6) is 5.75 Å². The lowest BCUT2D eigenvalue weighted by Crippen LogP contribution is -2.43. The third kappa shape index (κ3) is 4.07. The number of aromatic hydroxyl groups is 1. The number of hydrogen-bond donors (Lipinski definition) is 2. The molecule has 156 valence electrons. The molecule has 0 aromatic heterocycles. The summed E-state index contributed by atoms with van der Waals surface area (Å²) in [6.45, 7) is 6.58. The Bertz CT molecular complexity index is 677. The Balaban J connectivity index is 0.000000242. The Morgan fingerprint density at radius 1 is 1.21 bits per heavy atom. The number of phenolic OH excluding ortho intramolecular Hbond substituents is 1. The van der Waals surface area contributed by atoms with Crippen LogP contribution in [0, 0.1) is 17.3 Å². The van der Waals surface area contributed by atoms with Gasteiger partial charge in [-0.2, -0.15) is 0 Å². The van der Waals surface area contributed by atoms with Crippen LogP contribution in [-0.4, -0.2) is 28.9 Å². The summed E-state index contributed by atoms with van der Waals surface area (Å²) >= 11 is 0. The van der Waals surface area contributed by atoms with E-state index in [1.54, 1.807) is 0 Å². The number of carbonyl (C=O) groups excluding carboxylic acids is 1. The van der Waals surface area contributed by atoms with Gasteiger partial charge in [-0.15, -0.1) is 0 Å². The highest BCUT2D eigenvalue weighted by molar-refractivity contribution is 5.69. The minimum absolute atomic E-state index is 0.0880. The third-order valence-electron chi connectivity index (χ3n) is 7.42. The van der Waals surface area contributed by atoms with Crippen molar-refractivity contribution in [1.82, 2.24) is 0 Å². The largest absolute Gasteiger partial charge is 0.508 e. The zero-order chi connectivity index (χ0) is 20.3. The van der Waals surface area contributed by atoms with Crippen molar-refractivity contribution in [3.8, 4) is 5.75 Å². The van der Waals surface area contributed by atoms with Gasteiger partial charge >= 0.3 is 5.97 Å². The van der Waals surface area contributed by atoms with Gasteiger partial charge in [0.25, 0.3) is 0 Å². The van der Waals surface area contributed by atoms with Crippen molar-refractivity contribution in [2.24, 2.45) is 17.3 Å². The van der Waals surface area contributed by atoms with Crippen molar-refractivity contribution in [2.75, 3.05) is 6.61 Å². The molecule has 5 atom stereocenters. The van der Waals surface area contributed by atoms with E-state index < -0.39 is 0 Å². The summed E-state index contributed by atoms with van der Waals surface area (Å²) in [5.41, 5.74) is 2.99. The van der Waals surface area contributed by atoms with Crippen LogP contribution in [0.1, 0.15) is 82.8 Å². The van der Waals surface area contributed by atoms with Gasteiger partial charge in [0.15, 0.2) is 0 Å². The predicted octanol–water partition coefficient (Wildman–Crippen LogP) is 4.96. The summed E-state index contributed by atoms with van der Waals surface area (Å²) in [6, 6.07) is 5.96. The molecule has 28 heavy (non-hydrogen) atoms. The van der Waals surface area contributed by atoms with E-state index in [-0.39, 0.29) is 17.5 Å². The second-order valence-corrected chi connectivity index (χ2v) is 8.99. The number of hydrogen-bond acceptors (Lipinski definition) is 4. The molecular formula is C24H36O4. The van der Waals surface area contributed by atoms with Crippen LogP contribution in [0.4, 0.5) is 0 Å². The summed E-state index contributed by atoms with van der Waals surface area (Å²) in [7, 11) is 0. The number of aliphatic hydroxyl groups excluding tert-OH is 1. The van der Waals surface area contributed by atoms with Crippen LogP contribution < -0.4 is 0 Å². The molecule has 0 radical (unpaired) electrons. The monoisotopic (exact) mass is 388 g/mol. The van der Waals surface area contributed by atoms with Crippen LogP contribution >= 0.6 is 0 Å². The molecule has 0 aliphatic heterocycles. The Kier molecular flexibility index (Phi) is 6.69. The third-order valence-corrected chi connectivity index (χ3v) is 7.42. The molecule has 3 aliphatic rings. The number of carbonyl (C=O) groups is 1. The summed E-state index contributed by atoms with van der Waals surface area (Å²) in [5.74, 6) is 2.40. The second kappa shape index (κ2) is 8.86. The number of rotatable bonds is 3. The number of phenols is 1. The topological polar surface area (TPSA) is 66.8 Å². The lowest BCUT2D eigenvalue weighted by molar-refractivity contribution is -0.143. The molecular weight excluding hydrogens is 352 g/mol. The SMILES string of the molecule is CCCC(=O)OCC.C[C@]12CC[C@@H]3c4ccc(O)cc4CC[C@H]3[C@@H]1CC[C@@H]2O. The molecule has 0 unspecified atom stereocenters. The Hall–Kier alpha value is -1.55. The van der Waals surface area contributed by atoms with E-state index in [9.17, 15) is 15.0 Å². The van der Waals surface area contributed by atoms with Gasteiger partial charge in [0, 0.05) is 6.42 Å². The first-order valence-corrected chi connectivity index (χ1v) is 11.1. The van der Waals surface area contributed by atoms with E-state index in [0.717, 1.165) is 31.6 Å². The summed E-state index contributed by atoms with van der Waals surface area (Å²) in [6.07, 6.45) is 8.20. The second-order valence-electron chi connectivity index (χ2n) is 8.99. The molecule has 1 aromatic carbocycles. The van der Waals surface area contributed by atoms with Crippen molar-refractivity contribution in [3.63, 3.8) is 0 Å². The first-order valence-electron chi connectivity index (χ1n) is 11.1. The fraction of sp³-hybridized carbons (Fsp3) is 0.708. The van der Waals surface area contributed by atoms with Gasteiger partial charge in [-0.3, -0.25) is 4.79 Å². The summed E-state index contributed by atoms with van der Waals surface area (Å²) in [4.78, 5) is 10.4. The van der Waals surface area contributed by atoms with Crippen molar-refractivity contribution < 1.29 is 19.7 Å². The van der Waals surface area contributed by atoms with Crippen molar-refractivity contribution >= 4 is 5.97 Å². The maximum absolute atomic E-state index is 10.4. The Morgan fingerprint density at radius 3 is 2.71 bits per heavy atom. The van der Waals surface area contributed by atoms with Crippen molar-refractivity contribution in [1.29, 1.82) is 0 Å². The lowest BCUT2D eigenvalue weighted by atomic mass is 9.55. The molecule has 3 aliphatic carbocycles. The molecule has 0 spiro atoms. The normalized spacial score (nSPS) is 33.0. The predicted molar refractivity (Wildman–Crippen MR) is 110 cm³/mol. The van der Waals surface area contributed by atoms with E-state index in [0.29, 0.717) is 30.6 Å². The highest BCUT2D eigenvalue weighted by atomic mass is 16.5. The van der Waals surface area contributed by atoms with E-state index >= 15 is 0 Å². The molecule has 2 N–H and O–H groups in total. The maximum Gasteiger partial charge on any atom is 0.305 e. The van der Waals surface area contributed by atoms with Gasteiger partial charge in [-0.05, 0) is 98.3 Å². The van der Waals surface area contributed by atoms with E-state index in [1.165, 1.54) is 30.4 Å². The minimum Gasteiger partial charge on any atom is -0.508 e. The van der Waals surface area contributed by atoms with Crippen LogP contribution in [0.2, 0.25) is 0 Å². The first-order chi connectivity index (χ1) is 13.4. The number of benzene rings is 1. The molecule has 2 saturated carbocycles. The highest BCUT2D eigenvalue weighted by Gasteiger charge is 2.54. The smallest absolute Gasteiger partial charge is 0.305 e. The van der Waals surface area contributed by atoms with E-state index in [2.05, 4.69) is 17.7 Å². The number of aryl methyl sites for hydroxylation is 1. The number of ether oxygens (including phenoxy) is 1. The van der Waals surface area contributed by atoms with Crippen LogP contribution in [0.25, 0.3) is 0 Å². The van der Waals surface area contributed by atoms with Crippen LogP contribution in [0.3, 0.4) is 0 Å². The number of esters is 1. The van der Waals surface area contributed by atoms with Gasteiger partial charge in [-0.25, -0.2) is 0 Å². The zero-order valence-electron chi connectivity index (χ0n) is 17.6. The Morgan fingerprint density at radius 2 is 2.00 bits per heavy atom. The van der Waals surface area contributed by atoms with Crippen LogP contribution in [0.15, 0.2) is 18.2 Å². The summed E-state index contributed by atoms with van der Waals surface area (Å²) in [5, 5.41) is 20.0. The fourth-order valence-corrected chi connectivity index (χ4v) is 5.98.